The van der Waals surface area contributed by atoms with Crippen molar-refractivity contribution in [3.05, 3.63) is 18.2 Å². The average molecular weight is 109 g/mol. The van der Waals surface area contributed by atoms with E-state index in [9.17, 15) is 4.79 Å². The van der Waals surface area contributed by atoms with Crippen molar-refractivity contribution < 1.29 is 4.79 Å². The molecule has 0 aliphatic carbocycles. The third kappa shape index (κ3) is 0.841. The van der Waals surface area contributed by atoms with E-state index in [0.29, 0.717) is 6.29 Å². The second-order valence-electron chi connectivity index (χ2n) is 1.15. The number of hydrogen-bond donors (Lipinski definition) is 0. The Morgan fingerprint density at radius 1 is 1.62 bits per heavy atom. The standard InChI is InChI=1S/C4H3N3O/c8-2-4-1-5-3-6-7-4/h1-3H. The fraction of sp³-hybridized carbons (Fsp3) is 0. The molecule has 1 aromatic heterocycles. The van der Waals surface area contributed by atoms with Crippen molar-refractivity contribution in [3.8, 4) is 0 Å². The minimum Gasteiger partial charge on any atom is -0.296 e. The maximum atomic E-state index is 9.86. The number of aldehydes is 1. The summed E-state index contributed by atoms with van der Waals surface area (Å²) in [7, 11) is 0. The third-order valence-corrected chi connectivity index (χ3v) is 0.619. The lowest BCUT2D eigenvalue weighted by molar-refractivity contribution is 0.111. The van der Waals surface area contributed by atoms with E-state index >= 15 is 0 Å². The van der Waals surface area contributed by atoms with Gasteiger partial charge in [-0.2, -0.15) is 0 Å². The first-order valence-electron chi connectivity index (χ1n) is 2.01. The van der Waals surface area contributed by atoms with Gasteiger partial charge in [0.2, 0.25) is 0 Å². The van der Waals surface area contributed by atoms with Gasteiger partial charge in [0.05, 0.1) is 6.20 Å². The van der Waals surface area contributed by atoms with Gasteiger partial charge in [0, 0.05) is 0 Å². The average Bonchev–Trinajstić information content (AvgIpc) is 1.90. The molecule has 0 aliphatic heterocycles. The van der Waals surface area contributed by atoms with E-state index in [4.69, 9.17) is 0 Å². The van der Waals surface area contributed by atoms with Gasteiger partial charge in [-0.05, 0) is 0 Å². The Morgan fingerprint density at radius 2 is 2.50 bits per heavy atom. The summed E-state index contributed by atoms with van der Waals surface area (Å²) in [6.07, 6.45) is 3.22. The van der Waals surface area contributed by atoms with Gasteiger partial charge in [0.25, 0.3) is 0 Å². The fourth-order valence-corrected chi connectivity index (χ4v) is 0.312. The van der Waals surface area contributed by atoms with Crippen LogP contribution in [-0.4, -0.2) is 21.5 Å². The van der Waals surface area contributed by atoms with Crippen LogP contribution in [0.5, 0.6) is 0 Å². The Balaban J connectivity index is 2.99. The van der Waals surface area contributed by atoms with Gasteiger partial charge >= 0.3 is 0 Å². The van der Waals surface area contributed by atoms with E-state index in [-0.39, 0.29) is 5.69 Å². The van der Waals surface area contributed by atoms with Gasteiger partial charge < -0.3 is 0 Å². The van der Waals surface area contributed by atoms with Gasteiger partial charge in [-0.15, -0.1) is 10.2 Å². The van der Waals surface area contributed by atoms with Crippen LogP contribution < -0.4 is 0 Å². The van der Waals surface area contributed by atoms with E-state index < -0.39 is 0 Å². The van der Waals surface area contributed by atoms with Crippen molar-refractivity contribution in [3.63, 3.8) is 0 Å². The molecule has 0 aromatic carbocycles. The maximum Gasteiger partial charge on any atom is 0.171 e. The molecule has 4 heteroatoms. The molecule has 0 unspecified atom stereocenters. The minimum absolute atomic E-state index is 0.257. The number of hydrogen-bond acceptors (Lipinski definition) is 4. The van der Waals surface area contributed by atoms with Crippen molar-refractivity contribution in [2.75, 3.05) is 0 Å². The maximum absolute atomic E-state index is 9.86. The molecule has 0 amide bonds. The molecule has 0 saturated carbocycles. The first kappa shape index (κ1) is 4.83. The lowest BCUT2D eigenvalue weighted by Crippen LogP contribution is -1.89. The predicted octanol–water partition coefficient (Wildman–Crippen LogP) is -0.316. The highest BCUT2D eigenvalue weighted by molar-refractivity contribution is 5.70. The van der Waals surface area contributed by atoms with Crippen LogP contribution >= 0.6 is 0 Å². The number of carbonyl (C=O) groups is 1. The molecule has 1 aromatic rings. The molecule has 1 rings (SSSR count). The Hall–Kier alpha value is -1.32. The summed E-state index contributed by atoms with van der Waals surface area (Å²) >= 11 is 0. The smallest absolute Gasteiger partial charge is 0.171 e. The molecule has 0 N–H and O–H groups in total. The summed E-state index contributed by atoms with van der Waals surface area (Å²) in [6, 6.07) is 0. The van der Waals surface area contributed by atoms with Crippen molar-refractivity contribution in [1.82, 2.24) is 15.2 Å². The predicted molar refractivity (Wildman–Crippen MR) is 25.2 cm³/mol. The molecular formula is C4H3N3O. The number of carbonyl (C=O) groups excluding carboxylic acids is 1. The van der Waals surface area contributed by atoms with Crippen LogP contribution in [0.1, 0.15) is 10.5 Å². The molecule has 0 spiro atoms. The second kappa shape index (κ2) is 2.11. The van der Waals surface area contributed by atoms with Gasteiger partial charge in [-0.3, -0.25) is 4.79 Å². The van der Waals surface area contributed by atoms with Crippen molar-refractivity contribution >= 4 is 6.29 Å². The first-order valence-corrected chi connectivity index (χ1v) is 2.01. The van der Waals surface area contributed by atoms with E-state index in [1.54, 1.807) is 0 Å². The topological polar surface area (TPSA) is 55.7 Å². The Bertz CT molecular complexity index is 174. The summed E-state index contributed by atoms with van der Waals surface area (Å²) < 4.78 is 0. The minimum atomic E-state index is 0.257. The molecule has 40 valence electrons. The molecule has 0 radical (unpaired) electrons. The summed E-state index contributed by atoms with van der Waals surface area (Å²) in [5.41, 5.74) is 0.257. The molecule has 4 nitrogen and oxygen atoms in total. The molecule has 1 heterocycles. The van der Waals surface area contributed by atoms with Crippen LogP contribution in [0.25, 0.3) is 0 Å². The molecule has 0 atom stereocenters. The molecule has 0 bridgehead atoms. The highest BCUT2D eigenvalue weighted by Crippen LogP contribution is 1.76. The summed E-state index contributed by atoms with van der Waals surface area (Å²) in [5.74, 6) is 0. The number of aromatic nitrogens is 3. The summed E-state index contributed by atoms with van der Waals surface area (Å²) in [6.45, 7) is 0. The Labute approximate surface area is 45.6 Å². The Kier molecular flexibility index (Phi) is 1.27. The Morgan fingerprint density at radius 3 is 2.88 bits per heavy atom. The molecule has 0 aliphatic rings. The number of nitrogens with zero attached hydrogens (tertiary/aromatic N) is 3. The van der Waals surface area contributed by atoms with Crippen molar-refractivity contribution in [2.24, 2.45) is 0 Å². The van der Waals surface area contributed by atoms with Crippen LogP contribution in [0.4, 0.5) is 0 Å². The largest absolute Gasteiger partial charge is 0.296 e. The van der Waals surface area contributed by atoms with Gasteiger partial charge in [0.1, 0.15) is 12.0 Å². The summed E-state index contributed by atoms with van der Waals surface area (Å²) in [4.78, 5) is 13.4. The van der Waals surface area contributed by atoms with E-state index in [1.165, 1.54) is 12.5 Å². The van der Waals surface area contributed by atoms with Crippen LogP contribution in [0, 0.1) is 0 Å². The lowest BCUT2D eigenvalue weighted by atomic mass is 10.5. The highest BCUT2D eigenvalue weighted by Gasteiger charge is 1.84. The van der Waals surface area contributed by atoms with Gasteiger partial charge in [-0.1, -0.05) is 0 Å². The third-order valence-electron chi connectivity index (χ3n) is 0.619. The SMILES string of the molecule is O=Cc1cncnn1. The van der Waals surface area contributed by atoms with Crippen LogP contribution in [0.2, 0.25) is 0 Å². The van der Waals surface area contributed by atoms with E-state index in [2.05, 4.69) is 15.2 Å². The van der Waals surface area contributed by atoms with E-state index in [1.807, 2.05) is 0 Å². The quantitative estimate of drug-likeness (QED) is 0.464. The first-order chi connectivity index (χ1) is 3.93. The second-order valence-corrected chi connectivity index (χ2v) is 1.15. The van der Waals surface area contributed by atoms with E-state index in [0.717, 1.165) is 0 Å². The molecule has 0 saturated heterocycles. The van der Waals surface area contributed by atoms with Gasteiger partial charge in [0.15, 0.2) is 6.29 Å². The normalized spacial score (nSPS) is 8.50. The van der Waals surface area contributed by atoms with Crippen LogP contribution in [-0.2, 0) is 0 Å². The zero-order valence-electron chi connectivity index (χ0n) is 3.98. The van der Waals surface area contributed by atoms with Crippen molar-refractivity contribution in [2.45, 2.75) is 0 Å². The fourth-order valence-electron chi connectivity index (χ4n) is 0.312. The zero-order chi connectivity index (χ0) is 5.82. The van der Waals surface area contributed by atoms with Crippen molar-refractivity contribution in [1.29, 1.82) is 0 Å². The van der Waals surface area contributed by atoms with Gasteiger partial charge in [-0.25, -0.2) is 4.98 Å². The monoisotopic (exact) mass is 109 g/mol. The molecular weight excluding hydrogens is 106 g/mol. The van der Waals surface area contributed by atoms with Crippen LogP contribution in [0.3, 0.4) is 0 Å². The highest BCUT2D eigenvalue weighted by atomic mass is 16.1. The lowest BCUT2D eigenvalue weighted by Gasteiger charge is -1.79. The molecule has 8 heavy (non-hydrogen) atoms. The van der Waals surface area contributed by atoms with Crippen LogP contribution in [0.15, 0.2) is 12.5 Å². The zero-order valence-corrected chi connectivity index (χ0v) is 3.98. The molecule has 0 fully saturated rings. The summed E-state index contributed by atoms with van der Waals surface area (Å²) in [5, 5.41) is 6.78. The number of rotatable bonds is 1.